The van der Waals surface area contributed by atoms with Gasteiger partial charge in [0, 0.05) is 4.83 Å². The van der Waals surface area contributed by atoms with Gasteiger partial charge in [-0.15, -0.1) is 0 Å². The Morgan fingerprint density at radius 3 is 2.53 bits per heavy atom. The lowest BCUT2D eigenvalue weighted by molar-refractivity contribution is -0.136. The fraction of sp³-hybridized carbons (Fsp3) is 0.364. The molecule has 0 aliphatic carbocycles. The number of methoxy groups -OCH3 is 1. The number of carbonyl (C=O) groups is 1. The van der Waals surface area contributed by atoms with Crippen molar-refractivity contribution >= 4 is 21.9 Å². The number of hydrogen-bond acceptors (Lipinski definition) is 2. The molecule has 0 saturated carbocycles. The second-order valence-corrected chi connectivity index (χ2v) is 4.54. The van der Waals surface area contributed by atoms with Crippen molar-refractivity contribution in [1.82, 2.24) is 0 Å². The maximum atomic E-state index is 10.5. The van der Waals surface area contributed by atoms with E-state index in [2.05, 4.69) is 15.9 Å². The summed E-state index contributed by atoms with van der Waals surface area (Å²) in [7, 11) is 1.62. The lowest BCUT2D eigenvalue weighted by Gasteiger charge is -2.07. The third kappa shape index (κ3) is 4.34. The van der Waals surface area contributed by atoms with Crippen LogP contribution in [0.15, 0.2) is 24.3 Å². The van der Waals surface area contributed by atoms with E-state index in [4.69, 9.17) is 9.84 Å². The van der Waals surface area contributed by atoms with Crippen molar-refractivity contribution in [2.75, 3.05) is 7.11 Å². The van der Waals surface area contributed by atoms with Gasteiger partial charge in [0.25, 0.3) is 0 Å². The SMILES string of the molecule is COc1ccc(CC(Br)CC(=O)O)cc1. The van der Waals surface area contributed by atoms with Crippen molar-refractivity contribution in [2.45, 2.75) is 17.7 Å². The van der Waals surface area contributed by atoms with Gasteiger partial charge in [0.2, 0.25) is 0 Å². The van der Waals surface area contributed by atoms with Crippen LogP contribution in [0.4, 0.5) is 0 Å². The highest BCUT2D eigenvalue weighted by atomic mass is 79.9. The van der Waals surface area contributed by atoms with Gasteiger partial charge >= 0.3 is 5.97 Å². The molecule has 0 aliphatic rings. The highest BCUT2D eigenvalue weighted by molar-refractivity contribution is 9.09. The molecule has 1 atom stereocenters. The summed E-state index contributed by atoms with van der Waals surface area (Å²) in [6, 6.07) is 7.62. The molecular formula is C11H13BrO3. The van der Waals surface area contributed by atoms with Gasteiger partial charge in [0.15, 0.2) is 0 Å². The largest absolute Gasteiger partial charge is 0.497 e. The number of aliphatic carboxylic acids is 1. The van der Waals surface area contributed by atoms with E-state index in [1.54, 1.807) is 7.11 Å². The summed E-state index contributed by atoms with van der Waals surface area (Å²) < 4.78 is 5.03. The van der Waals surface area contributed by atoms with E-state index in [-0.39, 0.29) is 11.2 Å². The van der Waals surface area contributed by atoms with Crippen LogP contribution in [0.3, 0.4) is 0 Å². The third-order valence-electron chi connectivity index (χ3n) is 2.01. The molecule has 3 nitrogen and oxygen atoms in total. The molecular weight excluding hydrogens is 260 g/mol. The smallest absolute Gasteiger partial charge is 0.304 e. The van der Waals surface area contributed by atoms with E-state index < -0.39 is 5.97 Å². The van der Waals surface area contributed by atoms with Crippen LogP contribution in [-0.4, -0.2) is 23.0 Å². The number of halogens is 1. The van der Waals surface area contributed by atoms with Crippen LogP contribution in [0.25, 0.3) is 0 Å². The first-order valence-corrected chi connectivity index (χ1v) is 5.52. The first kappa shape index (κ1) is 12.0. The quantitative estimate of drug-likeness (QED) is 0.838. The van der Waals surface area contributed by atoms with Crippen LogP contribution in [0.2, 0.25) is 0 Å². The number of rotatable bonds is 5. The van der Waals surface area contributed by atoms with E-state index in [1.807, 2.05) is 24.3 Å². The average Bonchev–Trinajstić information content (AvgIpc) is 2.17. The average molecular weight is 273 g/mol. The Bertz CT molecular complexity index is 321. The minimum atomic E-state index is -0.787. The molecule has 1 aromatic carbocycles. The lowest BCUT2D eigenvalue weighted by Crippen LogP contribution is -2.09. The number of carboxylic acid groups (broad SMARTS) is 1. The lowest BCUT2D eigenvalue weighted by atomic mass is 10.1. The summed E-state index contributed by atoms with van der Waals surface area (Å²) >= 11 is 3.34. The van der Waals surface area contributed by atoms with Crippen LogP contribution >= 0.6 is 15.9 Å². The molecule has 4 heteroatoms. The van der Waals surface area contributed by atoms with Crippen LogP contribution in [-0.2, 0) is 11.2 Å². The normalized spacial score (nSPS) is 12.1. The highest BCUT2D eigenvalue weighted by Gasteiger charge is 2.09. The molecule has 1 aromatic rings. The number of ether oxygens (including phenoxy) is 1. The summed E-state index contributed by atoms with van der Waals surface area (Å²) in [6.45, 7) is 0. The van der Waals surface area contributed by atoms with Crippen molar-refractivity contribution in [3.8, 4) is 5.75 Å². The molecule has 15 heavy (non-hydrogen) atoms. The number of alkyl halides is 1. The van der Waals surface area contributed by atoms with Gasteiger partial charge in [-0.2, -0.15) is 0 Å². The van der Waals surface area contributed by atoms with E-state index in [0.717, 1.165) is 11.3 Å². The Balaban J connectivity index is 2.53. The van der Waals surface area contributed by atoms with E-state index in [1.165, 1.54) is 0 Å². The molecule has 82 valence electrons. The monoisotopic (exact) mass is 272 g/mol. The molecule has 0 aromatic heterocycles. The van der Waals surface area contributed by atoms with Crippen LogP contribution in [0, 0.1) is 0 Å². The van der Waals surface area contributed by atoms with Gasteiger partial charge < -0.3 is 9.84 Å². The molecule has 0 bridgehead atoms. The fourth-order valence-electron chi connectivity index (χ4n) is 1.28. The molecule has 1 unspecified atom stereocenters. The molecule has 1 rings (SSSR count). The van der Waals surface area contributed by atoms with Crippen molar-refractivity contribution in [1.29, 1.82) is 0 Å². The van der Waals surface area contributed by atoms with Gasteiger partial charge in [-0.1, -0.05) is 28.1 Å². The molecule has 0 spiro atoms. The van der Waals surface area contributed by atoms with Gasteiger partial charge in [-0.3, -0.25) is 4.79 Å². The van der Waals surface area contributed by atoms with Crippen LogP contribution < -0.4 is 4.74 Å². The Morgan fingerprint density at radius 2 is 2.07 bits per heavy atom. The summed E-state index contributed by atoms with van der Waals surface area (Å²) in [4.78, 5) is 10.4. The maximum absolute atomic E-state index is 10.5. The van der Waals surface area contributed by atoms with Crippen molar-refractivity contribution in [2.24, 2.45) is 0 Å². The van der Waals surface area contributed by atoms with Gasteiger partial charge in [0.1, 0.15) is 5.75 Å². The summed E-state index contributed by atoms with van der Waals surface area (Å²) in [5, 5.41) is 8.59. The van der Waals surface area contributed by atoms with Gasteiger partial charge in [0.05, 0.1) is 13.5 Å². The molecule has 0 radical (unpaired) electrons. The van der Waals surface area contributed by atoms with Crippen molar-refractivity contribution in [3.05, 3.63) is 29.8 Å². The molecule has 0 aliphatic heterocycles. The zero-order chi connectivity index (χ0) is 11.3. The predicted molar refractivity (Wildman–Crippen MR) is 61.7 cm³/mol. The van der Waals surface area contributed by atoms with Crippen LogP contribution in [0.5, 0.6) is 5.75 Å². The Kier molecular flexibility index (Phi) is 4.62. The molecule has 0 fully saturated rings. The first-order valence-electron chi connectivity index (χ1n) is 4.60. The predicted octanol–water partition coefficient (Wildman–Crippen LogP) is 2.48. The first-order chi connectivity index (χ1) is 7.11. The molecule has 0 heterocycles. The molecule has 0 saturated heterocycles. The van der Waals surface area contributed by atoms with E-state index >= 15 is 0 Å². The Hall–Kier alpha value is -1.03. The topological polar surface area (TPSA) is 46.5 Å². The third-order valence-corrected chi connectivity index (χ3v) is 2.66. The second kappa shape index (κ2) is 5.75. The zero-order valence-electron chi connectivity index (χ0n) is 8.44. The van der Waals surface area contributed by atoms with E-state index in [0.29, 0.717) is 6.42 Å². The maximum Gasteiger partial charge on any atom is 0.304 e. The molecule has 0 amide bonds. The zero-order valence-corrected chi connectivity index (χ0v) is 10.0. The summed E-state index contributed by atoms with van der Waals surface area (Å²) in [6.07, 6.45) is 0.836. The fourth-order valence-corrected chi connectivity index (χ4v) is 1.93. The number of carboxylic acids is 1. The minimum Gasteiger partial charge on any atom is -0.497 e. The summed E-state index contributed by atoms with van der Waals surface area (Å²) in [5.74, 6) is 0.0218. The minimum absolute atomic E-state index is 0.0246. The van der Waals surface area contributed by atoms with Gasteiger partial charge in [-0.25, -0.2) is 0 Å². The number of benzene rings is 1. The second-order valence-electron chi connectivity index (χ2n) is 3.25. The van der Waals surface area contributed by atoms with Gasteiger partial charge in [-0.05, 0) is 24.1 Å². The van der Waals surface area contributed by atoms with E-state index in [9.17, 15) is 4.79 Å². The highest BCUT2D eigenvalue weighted by Crippen LogP contribution is 2.16. The molecule has 1 N–H and O–H groups in total. The number of hydrogen-bond donors (Lipinski definition) is 1. The Labute approximate surface area is 97.2 Å². The Morgan fingerprint density at radius 1 is 1.47 bits per heavy atom. The standard InChI is InChI=1S/C11H13BrO3/c1-15-10-4-2-8(3-5-10)6-9(12)7-11(13)14/h2-5,9H,6-7H2,1H3,(H,13,14). The van der Waals surface area contributed by atoms with Crippen LogP contribution in [0.1, 0.15) is 12.0 Å². The summed E-state index contributed by atoms with van der Waals surface area (Å²) in [5.41, 5.74) is 1.10. The van der Waals surface area contributed by atoms with Crippen molar-refractivity contribution < 1.29 is 14.6 Å². The van der Waals surface area contributed by atoms with Crippen molar-refractivity contribution in [3.63, 3.8) is 0 Å².